The maximum Gasteiger partial charge on any atom is 0.471 e. The molecule has 1 aliphatic heterocycles. The second-order valence-electron chi connectivity index (χ2n) is 6.42. The third-order valence-electron chi connectivity index (χ3n) is 4.39. The summed E-state index contributed by atoms with van der Waals surface area (Å²) in [5.74, 6) is -3.24. The van der Waals surface area contributed by atoms with Gasteiger partial charge in [-0.1, -0.05) is 17.3 Å². The number of hydrogen-bond donors (Lipinski definition) is 2. The van der Waals surface area contributed by atoms with E-state index in [9.17, 15) is 22.8 Å². The number of carboxylic acids is 1. The van der Waals surface area contributed by atoms with Crippen LogP contribution in [0.2, 0.25) is 0 Å². The maximum absolute atomic E-state index is 12.5. The summed E-state index contributed by atoms with van der Waals surface area (Å²) in [6.07, 6.45) is -4.24. The summed E-state index contributed by atoms with van der Waals surface area (Å²) in [6.45, 7) is 0.678. The maximum atomic E-state index is 12.5. The van der Waals surface area contributed by atoms with Gasteiger partial charge in [0.25, 0.3) is 5.91 Å². The van der Waals surface area contributed by atoms with Crippen molar-refractivity contribution in [2.24, 2.45) is 0 Å². The number of nitrogens with one attached hydrogen (secondary N) is 1. The zero-order chi connectivity index (χ0) is 20.4. The van der Waals surface area contributed by atoms with Crippen LogP contribution < -0.4 is 5.32 Å². The monoisotopic (exact) mass is 399 g/mol. The summed E-state index contributed by atoms with van der Waals surface area (Å²) in [4.78, 5) is 27.0. The molecular formula is C17H16F3N3O5. The summed E-state index contributed by atoms with van der Waals surface area (Å²) in [7, 11) is 0. The molecule has 0 radical (unpaired) electrons. The van der Waals surface area contributed by atoms with E-state index in [2.05, 4.69) is 20.0 Å². The highest BCUT2D eigenvalue weighted by molar-refractivity contribution is 5.95. The molecule has 0 unspecified atom stereocenters. The Balaban J connectivity index is 1.74. The SMILES string of the molecule is O=C(O)CC1(NC(=O)c2ccc(-c3noc(C(F)(F)F)n3)cc2)CCOCC1. The number of aliphatic carboxylic acids is 1. The number of alkyl halides is 3. The lowest BCUT2D eigenvalue weighted by molar-refractivity contribution is -0.159. The number of hydrogen-bond acceptors (Lipinski definition) is 6. The number of rotatable bonds is 5. The average Bonchev–Trinajstić information content (AvgIpc) is 3.12. The molecule has 2 heterocycles. The minimum Gasteiger partial charge on any atom is -0.481 e. The molecular weight excluding hydrogens is 383 g/mol. The van der Waals surface area contributed by atoms with E-state index in [1.165, 1.54) is 24.3 Å². The van der Waals surface area contributed by atoms with Gasteiger partial charge < -0.3 is 19.7 Å². The predicted molar refractivity (Wildman–Crippen MR) is 87.2 cm³/mol. The molecule has 150 valence electrons. The van der Waals surface area contributed by atoms with Gasteiger partial charge in [-0.25, -0.2) is 0 Å². The highest BCUT2D eigenvalue weighted by atomic mass is 19.4. The van der Waals surface area contributed by atoms with Crippen LogP contribution in [0.25, 0.3) is 11.4 Å². The van der Waals surface area contributed by atoms with Crippen molar-refractivity contribution < 1.29 is 37.1 Å². The third kappa shape index (κ3) is 4.47. The van der Waals surface area contributed by atoms with Crippen molar-refractivity contribution in [2.45, 2.75) is 31.0 Å². The molecule has 0 aliphatic carbocycles. The molecule has 0 atom stereocenters. The van der Waals surface area contributed by atoms with E-state index in [0.29, 0.717) is 26.1 Å². The normalized spacial score (nSPS) is 16.5. The molecule has 0 bridgehead atoms. The zero-order valence-corrected chi connectivity index (χ0v) is 14.5. The predicted octanol–water partition coefficient (Wildman–Crippen LogP) is 2.51. The summed E-state index contributed by atoms with van der Waals surface area (Å²) in [6, 6.07) is 5.55. The molecule has 1 aromatic carbocycles. The Bertz CT molecular complexity index is 858. The third-order valence-corrected chi connectivity index (χ3v) is 4.39. The second-order valence-corrected chi connectivity index (χ2v) is 6.42. The number of amides is 1. The van der Waals surface area contributed by atoms with Gasteiger partial charge in [-0.2, -0.15) is 18.2 Å². The van der Waals surface area contributed by atoms with Crippen molar-refractivity contribution in [3.05, 3.63) is 35.7 Å². The van der Waals surface area contributed by atoms with Crippen molar-refractivity contribution in [2.75, 3.05) is 13.2 Å². The number of nitrogens with zero attached hydrogens (tertiary/aromatic N) is 2. The molecule has 8 nitrogen and oxygen atoms in total. The van der Waals surface area contributed by atoms with Crippen LogP contribution in [0.4, 0.5) is 13.2 Å². The Labute approximate surface area is 156 Å². The molecule has 28 heavy (non-hydrogen) atoms. The van der Waals surface area contributed by atoms with Crippen LogP contribution in [0.1, 0.15) is 35.5 Å². The molecule has 1 saturated heterocycles. The van der Waals surface area contributed by atoms with Gasteiger partial charge in [-0.15, -0.1) is 0 Å². The molecule has 1 fully saturated rings. The molecule has 2 aromatic rings. The number of halogens is 3. The molecule has 3 rings (SSSR count). The zero-order valence-electron chi connectivity index (χ0n) is 14.5. The molecule has 1 amide bonds. The van der Waals surface area contributed by atoms with Gasteiger partial charge in [-0.05, 0) is 25.0 Å². The minimum atomic E-state index is -4.74. The Hall–Kier alpha value is -2.95. The first-order chi connectivity index (χ1) is 13.2. The van der Waals surface area contributed by atoms with Crippen molar-refractivity contribution in [1.82, 2.24) is 15.5 Å². The topological polar surface area (TPSA) is 115 Å². The van der Waals surface area contributed by atoms with Crippen LogP contribution in [0, 0.1) is 0 Å². The Kier molecular flexibility index (Phi) is 5.36. The van der Waals surface area contributed by atoms with Crippen LogP contribution in [0.3, 0.4) is 0 Å². The molecule has 0 spiro atoms. The smallest absolute Gasteiger partial charge is 0.471 e. The van der Waals surface area contributed by atoms with E-state index in [1.54, 1.807) is 0 Å². The number of aromatic nitrogens is 2. The highest BCUT2D eigenvalue weighted by Crippen LogP contribution is 2.29. The lowest BCUT2D eigenvalue weighted by atomic mass is 9.86. The van der Waals surface area contributed by atoms with E-state index in [4.69, 9.17) is 9.84 Å². The van der Waals surface area contributed by atoms with Gasteiger partial charge in [0.15, 0.2) is 0 Å². The van der Waals surface area contributed by atoms with Crippen molar-refractivity contribution >= 4 is 11.9 Å². The van der Waals surface area contributed by atoms with Crippen molar-refractivity contribution in [3.63, 3.8) is 0 Å². The largest absolute Gasteiger partial charge is 0.481 e. The van der Waals surface area contributed by atoms with E-state index in [1.807, 2.05) is 0 Å². The van der Waals surface area contributed by atoms with Crippen LogP contribution in [0.15, 0.2) is 28.8 Å². The van der Waals surface area contributed by atoms with Crippen molar-refractivity contribution in [3.8, 4) is 11.4 Å². The first-order valence-corrected chi connectivity index (χ1v) is 8.32. The first kappa shape index (κ1) is 19.8. The van der Waals surface area contributed by atoms with Gasteiger partial charge in [0.1, 0.15) is 0 Å². The summed E-state index contributed by atoms with van der Waals surface area (Å²) in [5, 5.41) is 15.2. The van der Waals surface area contributed by atoms with E-state index in [-0.39, 0.29) is 23.4 Å². The van der Waals surface area contributed by atoms with Crippen LogP contribution in [-0.2, 0) is 15.7 Å². The molecule has 11 heteroatoms. The van der Waals surface area contributed by atoms with Gasteiger partial charge >= 0.3 is 18.0 Å². The lowest BCUT2D eigenvalue weighted by Gasteiger charge is -2.36. The van der Waals surface area contributed by atoms with Crippen LogP contribution >= 0.6 is 0 Å². The van der Waals surface area contributed by atoms with Gasteiger partial charge in [0, 0.05) is 24.3 Å². The highest BCUT2D eigenvalue weighted by Gasteiger charge is 2.39. The summed E-state index contributed by atoms with van der Waals surface area (Å²) >= 11 is 0. The minimum absolute atomic E-state index is 0.222. The quantitative estimate of drug-likeness (QED) is 0.794. The average molecular weight is 399 g/mol. The van der Waals surface area contributed by atoms with Crippen LogP contribution in [-0.4, -0.2) is 45.9 Å². The molecule has 2 N–H and O–H groups in total. The Morgan fingerprint density at radius 1 is 1.18 bits per heavy atom. The van der Waals surface area contributed by atoms with Crippen molar-refractivity contribution in [1.29, 1.82) is 0 Å². The fourth-order valence-electron chi connectivity index (χ4n) is 2.94. The van der Waals surface area contributed by atoms with Gasteiger partial charge in [0.2, 0.25) is 5.82 Å². The molecule has 1 aromatic heterocycles. The van der Waals surface area contributed by atoms with Gasteiger partial charge in [-0.3, -0.25) is 9.59 Å². The second kappa shape index (κ2) is 7.58. The molecule has 1 aliphatic rings. The van der Waals surface area contributed by atoms with E-state index in [0.717, 1.165) is 0 Å². The standard InChI is InChI=1S/C17H16F3N3O5/c18-17(19,20)15-21-13(23-28-15)10-1-3-11(4-2-10)14(26)22-16(9-12(24)25)5-7-27-8-6-16/h1-4H,5-9H2,(H,22,26)(H,24,25). The first-order valence-electron chi connectivity index (χ1n) is 8.32. The Morgan fingerprint density at radius 2 is 1.82 bits per heavy atom. The van der Waals surface area contributed by atoms with Gasteiger partial charge in [0.05, 0.1) is 12.0 Å². The molecule has 0 saturated carbocycles. The van der Waals surface area contributed by atoms with Crippen LogP contribution in [0.5, 0.6) is 0 Å². The number of carboxylic acid groups (broad SMARTS) is 1. The Morgan fingerprint density at radius 3 is 2.36 bits per heavy atom. The number of benzene rings is 1. The van der Waals surface area contributed by atoms with E-state index < -0.39 is 29.5 Å². The van der Waals surface area contributed by atoms with E-state index >= 15 is 0 Å². The number of ether oxygens (including phenoxy) is 1. The fourth-order valence-corrected chi connectivity index (χ4v) is 2.94. The number of carbonyl (C=O) groups excluding carboxylic acids is 1. The lowest BCUT2D eigenvalue weighted by Crippen LogP contribution is -2.53. The number of carbonyl (C=O) groups is 2. The summed E-state index contributed by atoms with van der Waals surface area (Å²) in [5.41, 5.74) is -0.448. The summed E-state index contributed by atoms with van der Waals surface area (Å²) < 4.78 is 47.0. The fraction of sp³-hybridized carbons (Fsp3) is 0.412.